The van der Waals surface area contributed by atoms with Gasteiger partial charge >= 0.3 is 12.1 Å². The van der Waals surface area contributed by atoms with Crippen LogP contribution in [0.4, 0.5) is 18.9 Å². The number of nitrogens with zero attached hydrogens (tertiary/aromatic N) is 3. The Bertz CT molecular complexity index is 454. The minimum atomic E-state index is -5.08. The molecule has 21 heavy (non-hydrogen) atoms. The molecule has 0 unspecified atom stereocenters. The highest BCUT2D eigenvalue weighted by atomic mass is 19.4. The molecule has 0 radical (unpaired) electrons. The number of alkyl halides is 3. The summed E-state index contributed by atoms with van der Waals surface area (Å²) in [5.74, 6) is -2.76. The summed E-state index contributed by atoms with van der Waals surface area (Å²) in [5.41, 5.74) is 1.14. The molecule has 2 N–H and O–H groups in total. The maximum Gasteiger partial charge on any atom is 0.490 e. The predicted octanol–water partition coefficient (Wildman–Crippen LogP) is 1.56. The van der Waals surface area contributed by atoms with Crippen LogP contribution in [0.25, 0.3) is 0 Å². The normalized spacial score (nSPS) is 17.0. The van der Waals surface area contributed by atoms with Gasteiger partial charge in [0.2, 0.25) is 0 Å². The van der Waals surface area contributed by atoms with E-state index in [1.165, 1.54) is 25.9 Å². The Kier molecular flexibility index (Phi) is 6.01. The largest absolute Gasteiger partial charge is 0.490 e. The van der Waals surface area contributed by atoms with E-state index in [1.54, 1.807) is 0 Å². The predicted molar refractivity (Wildman–Crippen MR) is 71.0 cm³/mol. The van der Waals surface area contributed by atoms with Gasteiger partial charge in [0.1, 0.15) is 0 Å². The Morgan fingerprint density at radius 2 is 1.90 bits per heavy atom. The first-order valence-electron chi connectivity index (χ1n) is 6.42. The fourth-order valence-electron chi connectivity index (χ4n) is 1.88. The van der Waals surface area contributed by atoms with E-state index in [4.69, 9.17) is 9.90 Å². The number of anilines is 1. The van der Waals surface area contributed by atoms with E-state index in [-0.39, 0.29) is 0 Å². The van der Waals surface area contributed by atoms with E-state index in [9.17, 15) is 13.2 Å². The van der Waals surface area contributed by atoms with Crippen LogP contribution in [0.3, 0.4) is 0 Å². The van der Waals surface area contributed by atoms with E-state index in [0.29, 0.717) is 6.04 Å². The first-order valence-corrected chi connectivity index (χ1v) is 6.42. The number of aliphatic carboxylic acids is 1. The summed E-state index contributed by atoms with van der Waals surface area (Å²) in [7, 11) is 4.13. The van der Waals surface area contributed by atoms with Gasteiger partial charge < -0.3 is 15.3 Å². The van der Waals surface area contributed by atoms with Crippen molar-refractivity contribution in [2.45, 2.75) is 25.1 Å². The monoisotopic (exact) mass is 308 g/mol. The third-order valence-electron chi connectivity index (χ3n) is 3.04. The van der Waals surface area contributed by atoms with Gasteiger partial charge in [-0.15, -0.1) is 0 Å². The SMILES string of the molecule is CN1CCC(Nc2cnn(C)c2)CC1.O=C(O)C(F)(F)F. The van der Waals surface area contributed by atoms with Gasteiger partial charge in [0.05, 0.1) is 11.9 Å². The fourth-order valence-corrected chi connectivity index (χ4v) is 1.88. The second kappa shape index (κ2) is 7.30. The van der Waals surface area contributed by atoms with Gasteiger partial charge in [-0.2, -0.15) is 18.3 Å². The van der Waals surface area contributed by atoms with Crippen molar-refractivity contribution in [1.82, 2.24) is 14.7 Å². The van der Waals surface area contributed by atoms with Gasteiger partial charge in [0, 0.05) is 19.3 Å². The van der Waals surface area contributed by atoms with E-state index in [2.05, 4.69) is 22.4 Å². The van der Waals surface area contributed by atoms with Crippen LogP contribution in [-0.4, -0.2) is 58.1 Å². The molecule has 1 aliphatic heterocycles. The molecule has 9 heteroatoms. The first kappa shape index (κ1) is 17.3. The van der Waals surface area contributed by atoms with Crippen LogP contribution in [0.15, 0.2) is 12.4 Å². The summed E-state index contributed by atoms with van der Waals surface area (Å²) in [6.07, 6.45) is 1.29. The number of nitrogens with one attached hydrogen (secondary N) is 1. The topological polar surface area (TPSA) is 70.4 Å². The number of carboxylic acid groups (broad SMARTS) is 1. The lowest BCUT2D eigenvalue weighted by atomic mass is 10.1. The second-order valence-electron chi connectivity index (χ2n) is 4.93. The van der Waals surface area contributed by atoms with Crippen LogP contribution in [-0.2, 0) is 11.8 Å². The summed E-state index contributed by atoms with van der Waals surface area (Å²) >= 11 is 0. The van der Waals surface area contributed by atoms with Crippen LogP contribution in [0.2, 0.25) is 0 Å². The molecule has 0 aliphatic carbocycles. The molecule has 0 amide bonds. The zero-order chi connectivity index (χ0) is 16.0. The maximum absolute atomic E-state index is 10.6. The Morgan fingerprint density at radius 3 is 2.29 bits per heavy atom. The van der Waals surface area contributed by atoms with E-state index < -0.39 is 12.1 Å². The first-order chi connectivity index (χ1) is 9.68. The smallest absolute Gasteiger partial charge is 0.475 e. The molecule has 1 fully saturated rings. The number of piperidine rings is 1. The number of halogens is 3. The lowest BCUT2D eigenvalue weighted by Gasteiger charge is -2.29. The summed E-state index contributed by atoms with van der Waals surface area (Å²) < 4.78 is 33.6. The Balaban J connectivity index is 0.000000270. The van der Waals surface area contributed by atoms with Crippen LogP contribution in [0, 0.1) is 0 Å². The molecule has 1 saturated heterocycles. The number of rotatable bonds is 2. The molecule has 6 nitrogen and oxygen atoms in total. The van der Waals surface area contributed by atoms with Crippen molar-refractivity contribution in [3.8, 4) is 0 Å². The van der Waals surface area contributed by atoms with Crippen molar-refractivity contribution in [3.63, 3.8) is 0 Å². The summed E-state index contributed by atoms with van der Waals surface area (Å²) in [6, 6.07) is 0.621. The standard InChI is InChI=1S/C10H18N4.C2HF3O2/c1-13-5-3-9(4-6-13)12-10-7-11-14(2)8-10;3-2(4,5)1(6)7/h7-9,12H,3-6H2,1-2H3;(H,6,7). The van der Waals surface area contributed by atoms with Crippen LogP contribution in [0.1, 0.15) is 12.8 Å². The number of carboxylic acids is 1. The van der Waals surface area contributed by atoms with Crippen LogP contribution < -0.4 is 5.32 Å². The van der Waals surface area contributed by atoms with Gasteiger partial charge in [-0.25, -0.2) is 4.79 Å². The van der Waals surface area contributed by atoms with Gasteiger partial charge in [-0.3, -0.25) is 4.68 Å². The van der Waals surface area contributed by atoms with E-state index in [0.717, 1.165) is 5.69 Å². The van der Waals surface area contributed by atoms with Crippen molar-refractivity contribution in [3.05, 3.63) is 12.4 Å². The molecule has 0 spiro atoms. The van der Waals surface area contributed by atoms with E-state index >= 15 is 0 Å². The highest BCUT2D eigenvalue weighted by molar-refractivity contribution is 5.73. The molecule has 2 heterocycles. The quantitative estimate of drug-likeness (QED) is 0.867. The van der Waals surface area contributed by atoms with Crippen molar-refractivity contribution >= 4 is 11.7 Å². The average Bonchev–Trinajstić information content (AvgIpc) is 2.77. The van der Waals surface area contributed by atoms with Gasteiger partial charge in [-0.05, 0) is 33.0 Å². The Labute approximate surface area is 120 Å². The fraction of sp³-hybridized carbons (Fsp3) is 0.667. The zero-order valence-electron chi connectivity index (χ0n) is 11.9. The van der Waals surface area contributed by atoms with E-state index in [1.807, 2.05) is 24.1 Å². The van der Waals surface area contributed by atoms with Crippen LogP contribution in [0.5, 0.6) is 0 Å². The molecule has 0 aromatic carbocycles. The number of hydrogen-bond acceptors (Lipinski definition) is 4. The average molecular weight is 308 g/mol. The number of aromatic nitrogens is 2. The molecular weight excluding hydrogens is 289 g/mol. The Hall–Kier alpha value is -1.77. The van der Waals surface area contributed by atoms with Crippen LogP contribution >= 0.6 is 0 Å². The third-order valence-corrected chi connectivity index (χ3v) is 3.04. The molecule has 0 bridgehead atoms. The van der Waals surface area contributed by atoms with Gasteiger partial charge in [0.15, 0.2) is 0 Å². The summed E-state index contributed by atoms with van der Waals surface area (Å²) in [5, 5.41) is 14.8. The second-order valence-corrected chi connectivity index (χ2v) is 4.93. The molecule has 120 valence electrons. The summed E-state index contributed by atoms with van der Waals surface area (Å²) in [4.78, 5) is 11.3. The van der Waals surface area contributed by atoms with Crippen molar-refractivity contribution in [2.75, 3.05) is 25.5 Å². The maximum atomic E-state index is 10.6. The number of likely N-dealkylation sites (tertiary alicyclic amines) is 1. The highest BCUT2D eigenvalue weighted by Gasteiger charge is 2.38. The zero-order valence-corrected chi connectivity index (χ0v) is 11.9. The minimum absolute atomic E-state index is 0.621. The molecule has 1 aromatic heterocycles. The molecule has 0 saturated carbocycles. The molecule has 0 atom stereocenters. The number of aryl methyl sites for hydroxylation is 1. The molecule has 1 aliphatic rings. The van der Waals surface area contributed by atoms with Crippen molar-refractivity contribution in [1.29, 1.82) is 0 Å². The van der Waals surface area contributed by atoms with Gasteiger partial charge in [-0.1, -0.05) is 0 Å². The van der Waals surface area contributed by atoms with Gasteiger partial charge in [0.25, 0.3) is 0 Å². The lowest BCUT2D eigenvalue weighted by Crippen LogP contribution is -2.36. The molecule has 1 aromatic rings. The summed E-state index contributed by atoms with van der Waals surface area (Å²) in [6.45, 7) is 2.38. The lowest BCUT2D eigenvalue weighted by molar-refractivity contribution is -0.192. The van der Waals surface area contributed by atoms with Crippen molar-refractivity contribution in [2.24, 2.45) is 7.05 Å². The van der Waals surface area contributed by atoms with Crippen molar-refractivity contribution < 1.29 is 23.1 Å². The Morgan fingerprint density at radius 1 is 1.38 bits per heavy atom. The highest BCUT2D eigenvalue weighted by Crippen LogP contribution is 2.14. The number of hydrogen-bond donors (Lipinski definition) is 2. The minimum Gasteiger partial charge on any atom is -0.475 e. The molecular formula is C12H19F3N4O2. The number of carbonyl (C=O) groups is 1. The molecule has 2 rings (SSSR count). The third kappa shape index (κ3) is 6.48.